The van der Waals surface area contributed by atoms with Crippen LogP contribution in [0.2, 0.25) is 0 Å². The molecule has 0 atom stereocenters. The molecule has 1 aromatic heterocycles. The smallest absolute Gasteiger partial charge is 0.254 e. The fourth-order valence-corrected chi connectivity index (χ4v) is 1.97. The van der Waals surface area contributed by atoms with E-state index in [0.717, 1.165) is 5.39 Å². The standard InChI is InChI=1S/C14H17N3O2/c1-15-7-8-17(2)14(19)11-9-13(18)16-12-6-4-3-5-10(11)12/h3-6,9,15H,7-8H2,1-2H3,(H,16,18). The SMILES string of the molecule is CNCCN(C)C(=O)c1cc(=O)[nH]c2ccccc12. The molecular formula is C14H17N3O2. The maximum absolute atomic E-state index is 12.4. The lowest BCUT2D eigenvalue weighted by molar-refractivity contribution is 0.0798. The Balaban J connectivity index is 2.44. The molecule has 5 heteroatoms. The van der Waals surface area contributed by atoms with E-state index >= 15 is 0 Å². The van der Waals surface area contributed by atoms with Crippen LogP contribution in [0.5, 0.6) is 0 Å². The zero-order chi connectivity index (χ0) is 13.8. The van der Waals surface area contributed by atoms with Gasteiger partial charge in [-0.25, -0.2) is 0 Å². The first-order chi connectivity index (χ1) is 9.13. The van der Waals surface area contributed by atoms with Crippen LogP contribution in [0.4, 0.5) is 0 Å². The summed E-state index contributed by atoms with van der Waals surface area (Å²) in [5.41, 5.74) is 0.863. The summed E-state index contributed by atoms with van der Waals surface area (Å²) in [7, 11) is 3.57. The van der Waals surface area contributed by atoms with Crippen molar-refractivity contribution >= 4 is 16.8 Å². The molecule has 0 bridgehead atoms. The van der Waals surface area contributed by atoms with Crippen molar-refractivity contribution in [2.75, 3.05) is 27.2 Å². The van der Waals surface area contributed by atoms with Crippen LogP contribution in [0.3, 0.4) is 0 Å². The highest BCUT2D eigenvalue weighted by molar-refractivity contribution is 6.05. The van der Waals surface area contributed by atoms with E-state index in [2.05, 4.69) is 10.3 Å². The Morgan fingerprint density at radius 1 is 1.37 bits per heavy atom. The Hall–Kier alpha value is -2.14. The number of pyridine rings is 1. The predicted octanol–water partition coefficient (Wildman–Crippen LogP) is 0.820. The third kappa shape index (κ3) is 2.82. The van der Waals surface area contributed by atoms with E-state index in [4.69, 9.17) is 0 Å². The van der Waals surface area contributed by atoms with Gasteiger partial charge in [-0.05, 0) is 13.1 Å². The van der Waals surface area contributed by atoms with Gasteiger partial charge >= 0.3 is 0 Å². The lowest BCUT2D eigenvalue weighted by Gasteiger charge is -2.17. The van der Waals surface area contributed by atoms with Gasteiger partial charge in [-0.2, -0.15) is 0 Å². The molecule has 19 heavy (non-hydrogen) atoms. The molecule has 5 nitrogen and oxygen atoms in total. The number of carbonyl (C=O) groups excluding carboxylic acids is 1. The number of H-pyrrole nitrogens is 1. The molecule has 0 fully saturated rings. The second-order valence-corrected chi connectivity index (χ2v) is 4.42. The first kappa shape index (κ1) is 13.3. The van der Waals surface area contributed by atoms with Crippen molar-refractivity contribution < 1.29 is 4.79 Å². The van der Waals surface area contributed by atoms with Gasteiger partial charge in [0.25, 0.3) is 5.91 Å². The first-order valence-electron chi connectivity index (χ1n) is 6.15. The Kier molecular flexibility index (Phi) is 3.97. The number of para-hydroxylation sites is 1. The molecule has 0 radical (unpaired) electrons. The van der Waals surface area contributed by atoms with E-state index in [0.29, 0.717) is 24.2 Å². The molecule has 0 saturated carbocycles. The number of hydrogen-bond donors (Lipinski definition) is 2. The van der Waals surface area contributed by atoms with Crippen LogP contribution >= 0.6 is 0 Å². The molecule has 1 amide bonds. The number of likely N-dealkylation sites (N-methyl/N-ethyl adjacent to an activating group) is 2. The molecular weight excluding hydrogens is 242 g/mol. The molecule has 100 valence electrons. The van der Waals surface area contributed by atoms with E-state index in [-0.39, 0.29) is 11.5 Å². The quantitative estimate of drug-likeness (QED) is 0.854. The minimum absolute atomic E-state index is 0.141. The summed E-state index contributed by atoms with van der Waals surface area (Å²) in [6, 6.07) is 8.67. The van der Waals surface area contributed by atoms with Gasteiger partial charge in [-0.3, -0.25) is 9.59 Å². The number of aromatic nitrogens is 1. The number of nitrogens with zero attached hydrogens (tertiary/aromatic N) is 1. The highest BCUT2D eigenvalue weighted by Gasteiger charge is 2.15. The number of nitrogens with one attached hydrogen (secondary N) is 2. The van der Waals surface area contributed by atoms with Gasteiger partial charge in [0.05, 0.1) is 5.56 Å². The number of carbonyl (C=O) groups is 1. The van der Waals surface area contributed by atoms with Crippen molar-refractivity contribution in [3.63, 3.8) is 0 Å². The number of amides is 1. The molecule has 0 spiro atoms. The van der Waals surface area contributed by atoms with Crippen LogP contribution in [-0.4, -0.2) is 43.0 Å². The summed E-state index contributed by atoms with van der Waals surface area (Å²) in [4.78, 5) is 28.3. The molecule has 1 aromatic carbocycles. The van der Waals surface area contributed by atoms with E-state index in [1.165, 1.54) is 6.07 Å². The van der Waals surface area contributed by atoms with Crippen LogP contribution in [0, 0.1) is 0 Å². The van der Waals surface area contributed by atoms with Crippen molar-refractivity contribution in [2.24, 2.45) is 0 Å². The van der Waals surface area contributed by atoms with E-state index in [1.54, 1.807) is 18.0 Å². The lowest BCUT2D eigenvalue weighted by atomic mass is 10.1. The van der Waals surface area contributed by atoms with Gasteiger partial charge in [0.1, 0.15) is 0 Å². The minimum atomic E-state index is -0.260. The minimum Gasteiger partial charge on any atom is -0.340 e. The third-order valence-electron chi connectivity index (χ3n) is 3.02. The zero-order valence-electron chi connectivity index (χ0n) is 11.1. The predicted molar refractivity (Wildman–Crippen MR) is 75.5 cm³/mol. The maximum Gasteiger partial charge on any atom is 0.254 e. The highest BCUT2D eigenvalue weighted by Crippen LogP contribution is 2.15. The van der Waals surface area contributed by atoms with Gasteiger partial charge in [0.2, 0.25) is 5.56 Å². The maximum atomic E-state index is 12.4. The second kappa shape index (κ2) is 5.67. The molecule has 2 N–H and O–H groups in total. The molecule has 1 heterocycles. The van der Waals surface area contributed by atoms with Crippen molar-refractivity contribution in [1.82, 2.24) is 15.2 Å². The van der Waals surface area contributed by atoms with E-state index < -0.39 is 0 Å². The first-order valence-corrected chi connectivity index (χ1v) is 6.15. The van der Waals surface area contributed by atoms with Gasteiger partial charge in [-0.15, -0.1) is 0 Å². The van der Waals surface area contributed by atoms with Crippen LogP contribution < -0.4 is 10.9 Å². The summed E-state index contributed by atoms with van der Waals surface area (Å²) in [6.07, 6.45) is 0. The summed E-state index contributed by atoms with van der Waals surface area (Å²) < 4.78 is 0. The van der Waals surface area contributed by atoms with Gasteiger partial charge < -0.3 is 15.2 Å². The number of rotatable bonds is 4. The lowest BCUT2D eigenvalue weighted by Crippen LogP contribution is -2.33. The van der Waals surface area contributed by atoms with Gasteiger partial charge in [-0.1, -0.05) is 18.2 Å². The Labute approximate surface area is 111 Å². The summed E-state index contributed by atoms with van der Waals surface area (Å²) in [5, 5.41) is 3.76. The summed E-state index contributed by atoms with van der Waals surface area (Å²) in [5.74, 6) is -0.141. The van der Waals surface area contributed by atoms with Gasteiger partial charge in [0.15, 0.2) is 0 Å². The normalized spacial score (nSPS) is 10.6. The Bertz CT molecular complexity index is 648. The molecule has 0 aliphatic carbocycles. The average molecular weight is 259 g/mol. The number of aromatic amines is 1. The molecule has 0 unspecified atom stereocenters. The Morgan fingerprint density at radius 3 is 2.84 bits per heavy atom. The van der Waals surface area contributed by atoms with E-state index in [1.807, 2.05) is 25.2 Å². The monoisotopic (exact) mass is 259 g/mol. The van der Waals surface area contributed by atoms with Crippen LogP contribution in [0.15, 0.2) is 35.1 Å². The third-order valence-corrected chi connectivity index (χ3v) is 3.02. The molecule has 0 aliphatic heterocycles. The molecule has 0 aliphatic rings. The molecule has 2 rings (SSSR count). The summed E-state index contributed by atoms with van der Waals surface area (Å²) >= 11 is 0. The van der Waals surface area contributed by atoms with Crippen molar-refractivity contribution in [3.05, 3.63) is 46.2 Å². The summed E-state index contributed by atoms with van der Waals surface area (Å²) in [6.45, 7) is 1.31. The Morgan fingerprint density at radius 2 is 2.11 bits per heavy atom. The highest BCUT2D eigenvalue weighted by atomic mass is 16.2. The molecule has 0 saturated heterocycles. The van der Waals surface area contributed by atoms with Gasteiger partial charge in [0, 0.05) is 37.1 Å². The van der Waals surface area contributed by atoms with Crippen LogP contribution in [0.25, 0.3) is 10.9 Å². The average Bonchev–Trinajstić information content (AvgIpc) is 2.42. The van der Waals surface area contributed by atoms with Crippen molar-refractivity contribution in [3.8, 4) is 0 Å². The topological polar surface area (TPSA) is 65.2 Å². The second-order valence-electron chi connectivity index (χ2n) is 4.42. The van der Waals surface area contributed by atoms with Crippen molar-refractivity contribution in [1.29, 1.82) is 0 Å². The van der Waals surface area contributed by atoms with Crippen LogP contribution in [-0.2, 0) is 0 Å². The van der Waals surface area contributed by atoms with E-state index in [9.17, 15) is 9.59 Å². The number of hydrogen-bond acceptors (Lipinski definition) is 3. The fourth-order valence-electron chi connectivity index (χ4n) is 1.97. The van der Waals surface area contributed by atoms with Crippen molar-refractivity contribution in [2.45, 2.75) is 0 Å². The largest absolute Gasteiger partial charge is 0.340 e. The number of fused-ring (bicyclic) bond motifs is 1. The van der Waals surface area contributed by atoms with Crippen LogP contribution in [0.1, 0.15) is 10.4 Å². The number of benzene rings is 1. The molecule has 2 aromatic rings. The fraction of sp³-hybridized carbons (Fsp3) is 0.286. The zero-order valence-corrected chi connectivity index (χ0v) is 11.1.